The number of ether oxygens (including phenoxy) is 2. The quantitative estimate of drug-likeness (QED) is 0.595. The van der Waals surface area contributed by atoms with Gasteiger partial charge in [0.05, 0.1) is 14.2 Å². The Morgan fingerprint density at radius 3 is 2.43 bits per heavy atom. The monoisotopic (exact) mass is 346 g/mol. The number of methoxy groups -OCH3 is 2. The maximum absolute atomic E-state index is 12.1. The van der Waals surface area contributed by atoms with Gasteiger partial charge in [-0.05, 0) is 35.9 Å². The van der Waals surface area contributed by atoms with Gasteiger partial charge in [0.1, 0.15) is 0 Å². The minimum absolute atomic E-state index is 0.0581. The molecule has 2 aromatic rings. The molecule has 0 amide bonds. The van der Waals surface area contributed by atoms with E-state index in [2.05, 4.69) is 15.9 Å². The molecule has 0 aliphatic rings. The summed E-state index contributed by atoms with van der Waals surface area (Å²) in [5.41, 5.74) is 1.50. The van der Waals surface area contributed by atoms with E-state index in [0.29, 0.717) is 17.1 Å². The minimum atomic E-state index is -0.0581. The Kier molecular flexibility index (Phi) is 5.17. The summed E-state index contributed by atoms with van der Waals surface area (Å²) >= 11 is 3.37. The molecule has 0 aliphatic carbocycles. The van der Waals surface area contributed by atoms with Crippen molar-refractivity contribution in [1.82, 2.24) is 0 Å². The van der Waals surface area contributed by atoms with Crippen LogP contribution < -0.4 is 9.47 Å². The van der Waals surface area contributed by atoms with Gasteiger partial charge in [0.15, 0.2) is 17.3 Å². The molecule has 0 atom stereocenters. The number of rotatable bonds is 5. The van der Waals surface area contributed by atoms with Crippen molar-refractivity contribution in [2.45, 2.75) is 0 Å². The maximum atomic E-state index is 12.1. The molecular formula is C17H15BrO3. The first-order valence-corrected chi connectivity index (χ1v) is 7.14. The molecule has 0 unspecified atom stereocenters. The van der Waals surface area contributed by atoms with Crippen LogP contribution in [0.1, 0.15) is 15.9 Å². The first kappa shape index (κ1) is 15.3. The van der Waals surface area contributed by atoms with E-state index in [0.717, 1.165) is 10.0 Å². The lowest BCUT2D eigenvalue weighted by Gasteiger charge is -2.07. The fourth-order valence-electron chi connectivity index (χ4n) is 1.88. The highest BCUT2D eigenvalue weighted by Crippen LogP contribution is 2.28. The zero-order valence-corrected chi connectivity index (χ0v) is 13.4. The van der Waals surface area contributed by atoms with E-state index in [9.17, 15) is 4.79 Å². The van der Waals surface area contributed by atoms with Crippen molar-refractivity contribution in [3.05, 3.63) is 64.1 Å². The summed E-state index contributed by atoms with van der Waals surface area (Å²) in [7, 11) is 3.17. The molecule has 0 spiro atoms. The van der Waals surface area contributed by atoms with Gasteiger partial charge in [0.2, 0.25) is 0 Å². The van der Waals surface area contributed by atoms with Crippen LogP contribution >= 0.6 is 15.9 Å². The van der Waals surface area contributed by atoms with E-state index >= 15 is 0 Å². The van der Waals surface area contributed by atoms with Crippen molar-refractivity contribution < 1.29 is 14.3 Å². The fourth-order valence-corrected chi connectivity index (χ4v) is 2.36. The van der Waals surface area contributed by atoms with Crippen molar-refractivity contribution in [1.29, 1.82) is 0 Å². The minimum Gasteiger partial charge on any atom is -0.493 e. The Balaban J connectivity index is 2.22. The van der Waals surface area contributed by atoms with Gasteiger partial charge in [-0.25, -0.2) is 0 Å². The Morgan fingerprint density at radius 2 is 1.76 bits per heavy atom. The van der Waals surface area contributed by atoms with Crippen LogP contribution in [-0.2, 0) is 0 Å². The van der Waals surface area contributed by atoms with Crippen molar-refractivity contribution in [3.8, 4) is 11.5 Å². The highest BCUT2D eigenvalue weighted by molar-refractivity contribution is 9.10. The van der Waals surface area contributed by atoms with Crippen LogP contribution in [0.5, 0.6) is 11.5 Å². The van der Waals surface area contributed by atoms with E-state index in [1.165, 1.54) is 0 Å². The van der Waals surface area contributed by atoms with E-state index in [1.54, 1.807) is 38.5 Å². The summed E-state index contributed by atoms with van der Waals surface area (Å²) in [6, 6.07) is 12.8. The molecule has 3 nitrogen and oxygen atoms in total. The van der Waals surface area contributed by atoms with Crippen molar-refractivity contribution in [3.63, 3.8) is 0 Å². The standard InChI is InChI=1S/C17H15BrO3/c1-20-16-10-8-12(11-17(16)21-2)7-9-15(19)13-5-3-4-6-14(13)18/h3-11H,1-2H3/b9-7+. The van der Waals surface area contributed by atoms with E-state index in [-0.39, 0.29) is 5.78 Å². The second kappa shape index (κ2) is 7.09. The summed E-state index contributed by atoms with van der Waals surface area (Å²) in [5, 5.41) is 0. The lowest BCUT2D eigenvalue weighted by atomic mass is 10.1. The number of allylic oxidation sites excluding steroid dienone is 1. The van der Waals surface area contributed by atoms with E-state index < -0.39 is 0 Å². The summed E-state index contributed by atoms with van der Waals surface area (Å²) < 4.78 is 11.2. The zero-order chi connectivity index (χ0) is 15.2. The Labute approximate surface area is 132 Å². The molecule has 0 fully saturated rings. The first-order valence-electron chi connectivity index (χ1n) is 6.34. The number of halogens is 1. The van der Waals surface area contributed by atoms with Gasteiger partial charge in [0.25, 0.3) is 0 Å². The Hall–Kier alpha value is -2.07. The number of hydrogen-bond acceptors (Lipinski definition) is 3. The second-order valence-electron chi connectivity index (χ2n) is 4.29. The predicted octanol–water partition coefficient (Wildman–Crippen LogP) is 4.36. The van der Waals surface area contributed by atoms with Gasteiger partial charge in [-0.3, -0.25) is 4.79 Å². The lowest BCUT2D eigenvalue weighted by molar-refractivity contribution is 0.104. The summed E-state index contributed by atoms with van der Waals surface area (Å²) in [5.74, 6) is 1.23. The highest BCUT2D eigenvalue weighted by atomic mass is 79.9. The molecule has 0 aliphatic heterocycles. The fraction of sp³-hybridized carbons (Fsp3) is 0.118. The summed E-state index contributed by atoms with van der Waals surface area (Å²) in [6.07, 6.45) is 3.30. The number of benzene rings is 2. The molecule has 0 saturated carbocycles. The molecule has 2 aromatic carbocycles. The summed E-state index contributed by atoms with van der Waals surface area (Å²) in [6.45, 7) is 0. The molecule has 0 radical (unpaired) electrons. The molecule has 4 heteroatoms. The predicted molar refractivity (Wildman–Crippen MR) is 87.1 cm³/mol. The third-order valence-corrected chi connectivity index (χ3v) is 3.67. The van der Waals surface area contributed by atoms with E-state index in [4.69, 9.17) is 9.47 Å². The van der Waals surface area contributed by atoms with Crippen LogP contribution in [0.3, 0.4) is 0 Å². The van der Waals surface area contributed by atoms with E-state index in [1.807, 2.05) is 30.3 Å². The highest BCUT2D eigenvalue weighted by Gasteiger charge is 2.06. The van der Waals surface area contributed by atoms with Crippen LogP contribution in [0.25, 0.3) is 6.08 Å². The van der Waals surface area contributed by atoms with Crippen LogP contribution in [0.15, 0.2) is 53.0 Å². The third-order valence-electron chi connectivity index (χ3n) is 2.97. The topological polar surface area (TPSA) is 35.5 Å². The molecule has 21 heavy (non-hydrogen) atoms. The maximum Gasteiger partial charge on any atom is 0.186 e. The van der Waals surface area contributed by atoms with Crippen LogP contribution in [0, 0.1) is 0 Å². The molecule has 0 N–H and O–H groups in total. The van der Waals surface area contributed by atoms with Gasteiger partial charge < -0.3 is 9.47 Å². The number of carbonyl (C=O) groups excluding carboxylic acids is 1. The number of ketones is 1. The average Bonchev–Trinajstić information content (AvgIpc) is 2.52. The van der Waals surface area contributed by atoms with Gasteiger partial charge in [-0.15, -0.1) is 0 Å². The van der Waals surface area contributed by atoms with Crippen LogP contribution in [-0.4, -0.2) is 20.0 Å². The smallest absolute Gasteiger partial charge is 0.186 e. The molecule has 108 valence electrons. The zero-order valence-electron chi connectivity index (χ0n) is 11.8. The third kappa shape index (κ3) is 3.73. The van der Waals surface area contributed by atoms with Crippen molar-refractivity contribution >= 4 is 27.8 Å². The SMILES string of the molecule is COc1ccc(/C=C/C(=O)c2ccccc2Br)cc1OC. The molecule has 0 bridgehead atoms. The largest absolute Gasteiger partial charge is 0.493 e. The Morgan fingerprint density at radius 1 is 1.05 bits per heavy atom. The molecule has 0 aromatic heterocycles. The number of carbonyl (C=O) groups is 1. The van der Waals surface area contributed by atoms with Crippen molar-refractivity contribution in [2.75, 3.05) is 14.2 Å². The van der Waals surface area contributed by atoms with Crippen LogP contribution in [0.4, 0.5) is 0 Å². The van der Waals surface area contributed by atoms with Gasteiger partial charge in [-0.2, -0.15) is 0 Å². The average molecular weight is 347 g/mol. The normalized spacial score (nSPS) is 10.6. The second-order valence-corrected chi connectivity index (χ2v) is 5.15. The van der Waals surface area contributed by atoms with Gasteiger partial charge in [-0.1, -0.05) is 40.2 Å². The summed E-state index contributed by atoms with van der Waals surface area (Å²) in [4.78, 5) is 12.1. The molecular weight excluding hydrogens is 332 g/mol. The lowest BCUT2D eigenvalue weighted by Crippen LogP contribution is -1.95. The van der Waals surface area contributed by atoms with Gasteiger partial charge in [0, 0.05) is 10.0 Å². The van der Waals surface area contributed by atoms with Crippen LogP contribution in [0.2, 0.25) is 0 Å². The first-order chi connectivity index (χ1) is 10.2. The number of hydrogen-bond donors (Lipinski definition) is 0. The van der Waals surface area contributed by atoms with Gasteiger partial charge >= 0.3 is 0 Å². The van der Waals surface area contributed by atoms with Crippen molar-refractivity contribution in [2.24, 2.45) is 0 Å². The molecule has 0 heterocycles. The Bertz CT molecular complexity index is 677. The molecule has 0 saturated heterocycles. The molecule has 2 rings (SSSR count).